The Balaban J connectivity index is 1.47. The van der Waals surface area contributed by atoms with Crippen molar-refractivity contribution >= 4 is 21.7 Å². The smallest absolute Gasteiger partial charge is 0.338 e. The molecule has 2 aromatic carbocycles. The molecule has 0 unspecified atom stereocenters. The molecule has 162 valence electrons. The second-order valence-corrected chi connectivity index (χ2v) is 9.03. The number of rotatable bonds is 6. The van der Waals surface area contributed by atoms with Gasteiger partial charge in [-0.2, -0.15) is 0 Å². The van der Waals surface area contributed by atoms with Gasteiger partial charge in [0.05, 0.1) is 24.1 Å². The largest absolute Gasteiger partial charge is 0.497 e. The summed E-state index contributed by atoms with van der Waals surface area (Å²) in [7, 11) is -1.76. The standard InChI is InChI=1S/C21H21N3O6S/c1-14(19-22-23-20(30-19)15-7-9-18(28-2)10-8-15)29-21(25)16-5-3-6-17(13-16)24-11-4-12-31(24,26)27/h3,5-10,13-14H,4,11-12H2,1-2H3/t14-/m0/s1. The average Bonchev–Trinajstić information content (AvgIpc) is 3.40. The SMILES string of the molecule is COc1ccc(-c2nnc([C@H](C)OC(=O)c3cccc(N4CCCS4(=O)=O)c3)o2)cc1. The first kappa shape index (κ1) is 20.9. The number of carbonyl (C=O) groups is 1. The van der Waals surface area contributed by atoms with E-state index in [9.17, 15) is 13.2 Å². The first-order chi connectivity index (χ1) is 14.9. The molecule has 9 nitrogen and oxygen atoms in total. The molecule has 10 heteroatoms. The number of hydrogen-bond donors (Lipinski definition) is 0. The minimum atomic E-state index is -3.34. The van der Waals surface area contributed by atoms with Gasteiger partial charge in [0, 0.05) is 12.1 Å². The number of ether oxygens (including phenoxy) is 2. The fourth-order valence-electron chi connectivity index (χ4n) is 3.25. The van der Waals surface area contributed by atoms with E-state index in [0.29, 0.717) is 35.9 Å². The number of hydrogen-bond acceptors (Lipinski definition) is 8. The number of benzene rings is 2. The highest BCUT2D eigenvalue weighted by molar-refractivity contribution is 7.93. The summed E-state index contributed by atoms with van der Waals surface area (Å²) < 4.78 is 41.8. The molecule has 0 bridgehead atoms. The molecule has 1 aliphatic heterocycles. The summed E-state index contributed by atoms with van der Waals surface area (Å²) in [6.07, 6.45) is -0.229. The van der Waals surface area contributed by atoms with E-state index in [0.717, 1.165) is 0 Å². The van der Waals surface area contributed by atoms with Gasteiger partial charge in [0.15, 0.2) is 6.10 Å². The van der Waals surface area contributed by atoms with Gasteiger partial charge < -0.3 is 13.9 Å². The maximum atomic E-state index is 12.6. The van der Waals surface area contributed by atoms with Crippen molar-refractivity contribution in [3.8, 4) is 17.2 Å². The Labute approximate surface area is 179 Å². The normalized spacial score (nSPS) is 16.1. The Kier molecular flexibility index (Phi) is 5.64. The molecular formula is C21H21N3O6S. The third-order valence-corrected chi connectivity index (χ3v) is 6.75. The fourth-order valence-corrected chi connectivity index (χ4v) is 4.80. The first-order valence-corrected chi connectivity index (χ1v) is 11.3. The van der Waals surface area contributed by atoms with Crippen molar-refractivity contribution in [1.29, 1.82) is 0 Å². The van der Waals surface area contributed by atoms with Crippen LogP contribution in [0.2, 0.25) is 0 Å². The van der Waals surface area contributed by atoms with Crippen LogP contribution in [0.25, 0.3) is 11.5 Å². The Morgan fingerprint density at radius 2 is 1.94 bits per heavy atom. The number of nitrogens with zero attached hydrogens (tertiary/aromatic N) is 3. The van der Waals surface area contributed by atoms with Crippen LogP contribution in [0.5, 0.6) is 5.75 Å². The van der Waals surface area contributed by atoms with Gasteiger partial charge in [-0.05, 0) is 55.8 Å². The van der Waals surface area contributed by atoms with E-state index in [-0.39, 0.29) is 17.2 Å². The molecule has 2 heterocycles. The van der Waals surface area contributed by atoms with Gasteiger partial charge in [0.2, 0.25) is 15.9 Å². The van der Waals surface area contributed by atoms with E-state index in [1.54, 1.807) is 56.5 Å². The van der Waals surface area contributed by atoms with Crippen molar-refractivity contribution in [2.75, 3.05) is 23.7 Å². The first-order valence-electron chi connectivity index (χ1n) is 9.66. The van der Waals surface area contributed by atoms with Gasteiger partial charge in [0.1, 0.15) is 5.75 Å². The Morgan fingerprint density at radius 1 is 1.16 bits per heavy atom. The van der Waals surface area contributed by atoms with Gasteiger partial charge in [-0.3, -0.25) is 4.31 Å². The second kappa shape index (κ2) is 8.38. The van der Waals surface area contributed by atoms with Crippen LogP contribution in [0.15, 0.2) is 52.9 Å². The molecule has 1 aliphatic rings. The number of carbonyl (C=O) groups excluding carboxylic acids is 1. The molecule has 1 atom stereocenters. The van der Waals surface area contributed by atoms with E-state index < -0.39 is 22.1 Å². The maximum Gasteiger partial charge on any atom is 0.338 e. The van der Waals surface area contributed by atoms with Gasteiger partial charge in [-0.15, -0.1) is 10.2 Å². The summed E-state index contributed by atoms with van der Waals surface area (Å²) in [6, 6.07) is 13.5. The van der Waals surface area contributed by atoms with Crippen LogP contribution >= 0.6 is 0 Å². The van der Waals surface area contributed by atoms with Crippen molar-refractivity contribution < 1.29 is 27.1 Å². The van der Waals surface area contributed by atoms with E-state index in [1.807, 2.05) is 0 Å². The number of sulfonamides is 1. The van der Waals surface area contributed by atoms with E-state index in [4.69, 9.17) is 13.9 Å². The van der Waals surface area contributed by atoms with Gasteiger partial charge in [-0.25, -0.2) is 13.2 Å². The molecule has 1 fully saturated rings. The number of methoxy groups -OCH3 is 1. The molecule has 4 rings (SSSR count). The van der Waals surface area contributed by atoms with Gasteiger partial charge >= 0.3 is 5.97 Å². The summed E-state index contributed by atoms with van der Waals surface area (Å²) in [5.41, 5.74) is 1.39. The molecule has 31 heavy (non-hydrogen) atoms. The highest BCUT2D eigenvalue weighted by atomic mass is 32.2. The summed E-state index contributed by atoms with van der Waals surface area (Å²) >= 11 is 0. The average molecular weight is 443 g/mol. The van der Waals surface area contributed by atoms with Gasteiger partial charge in [-0.1, -0.05) is 6.07 Å². The number of esters is 1. The van der Waals surface area contributed by atoms with Crippen molar-refractivity contribution in [3.05, 3.63) is 60.0 Å². The summed E-state index contributed by atoms with van der Waals surface area (Å²) in [4.78, 5) is 12.6. The van der Waals surface area contributed by atoms with Crippen LogP contribution in [0, 0.1) is 0 Å². The van der Waals surface area contributed by atoms with Crippen molar-refractivity contribution in [1.82, 2.24) is 10.2 Å². The Hall–Kier alpha value is -3.40. The van der Waals surface area contributed by atoms with Crippen LogP contribution in [0.3, 0.4) is 0 Å². The monoisotopic (exact) mass is 443 g/mol. The lowest BCUT2D eigenvalue weighted by Crippen LogP contribution is -2.25. The quantitative estimate of drug-likeness (QED) is 0.534. The molecular weight excluding hydrogens is 422 g/mol. The molecule has 0 aliphatic carbocycles. The second-order valence-electron chi connectivity index (χ2n) is 7.01. The predicted molar refractivity (Wildman–Crippen MR) is 112 cm³/mol. The number of anilines is 1. The molecule has 0 spiro atoms. The molecule has 1 saturated heterocycles. The lowest BCUT2D eigenvalue weighted by atomic mass is 10.2. The minimum absolute atomic E-state index is 0.104. The summed E-state index contributed by atoms with van der Waals surface area (Å²) in [6.45, 7) is 2.02. The Morgan fingerprint density at radius 3 is 2.61 bits per heavy atom. The number of aromatic nitrogens is 2. The molecule has 0 radical (unpaired) electrons. The zero-order valence-electron chi connectivity index (χ0n) is 17.0. The maximum absolute atomic E-state index is 12.6. The molecule has 3 aromatic rings. The zero-order valence-corrected chi connectivity index (χ0v) is 17.8. The molecule has 0 saturated carbocycles. The summed E-state index contributed by atoms with van der Waals surface area (Å²) in [5.74, 6) is 0.635. The van der Waals surface area contributed by atoms with Crippen LogP contribution in [-0.2, 0) is 14.8 Å². The lowest BCUT2D eigenvalue weighted by molar-refractivity contribution is 0.0280. The predicted octanol–water partition coefficient (Wildman–Crippen LogP) is 3.20. The van der Waals surface area contributed by atoms with Crippen LogP contribution in [0.1, 0.15) is 35.7 Å². The third kappa shape index (κ3) is 4.38. The van der Waals surface area contributed by atoms with Crippen molar-refractivity contribution in [2.24, 2.45) is 0 Å². The molecule has 0 N–H and O–H groups in total. The highest BCUT2D eigenvalue weighted by Gasteiger charge is 2.29. The Bertz CT molecular complexity index is 1190. The summed E-state index contributed by atoms with van der Waals surface area (Å²) in [5, 5.41) is 7.97. The van der Waals surface area contributed by atoms with Crippen molar-refractivity contribution in [3.63, 3.8) is 0 Å². The lowest BCUT2D eigenvalue weighted by Gasteiger charge is -2.17. The van der Waals surface area contributed by atoms with Crippen LogP contribution in [-0.4, -0.2) is 44.0 Å². The zero-order chi connectivity index (χ0) is 22.0. The van der Waals surface area contributed by atoms with Crippen LogP contribution < -0.4 is 9.04 Å². The minimum Gasteiger partial charge on any atom is -0.497 e. The van der Waals surface area contributed by atoms with Crippen molar-refractivity contribution in [2.45, 2.75) is 19.4 Å². The van der Waals surface area contributed by atoms with E-state index in [1.165, 1.54) is 10.4 Å². The molecule has 0 amide bonds. The van der Waals surface area contributed by atoms with E-state index >= 15 is 0 Å². The topological polar surface area (TPSA) is 112 Å². The van der Waals surface area contributed by atoms with Gasteiger partial charge in [0.25, 0.3) is 5.89 Å². The van der Waals surface area contributed by atoms with Crippen LogP contribution in [0.4, 0.5) is 5.69 Å². The fraction of sp³-hybridized carbons (Fsp3) is 0.286. The third-order valence-electron chi connectivity index (χ3n) is 4.88. The van der Waals surface area contributed by atoms with E-state index in [2.05, 4.69) is 10.2 Å². The molecule has 1 aromatic heterocycles. The highest BCUT2D eigenvalue weighted by Crippen LogP contribution is 2.27.